The maximum absolute atomic E-state index is 10.2. The minimum atomic E-state index is -0.746. The van der Waals surface area contributed by atoms with Gasteiger partial charge in [-0.2, -0.15) is 0 Å². The first-order valence-corrected chi connectivity index (χ1v) is 3.88. The lowest BCUT2D eigenvalue weighted by Crippen LogP contribution is -2.00. The molecule has 13 heavy (non-hydrogen) atoms. The van der Waals surface area contributed by atoms with Gasteiger partial charge in [-0.3, -0.25) is 4.79 Å². The fraction of sp³-hybridized carbons (Fsp3) is 0.500. The van der Waals surface area contributed by atoms with E-state index in [1.54, 1.807) is 6.20 Å². The number of aryl methyl sites for hydroxylation is 2. The van der Waals surface area contributed by atoms with Crippen molar-refractivity contribution in [3.8, 4) is 0 Å². The molecule has 0 aromatic carbocycles. The quantitative estimate of drug-likeness (QED) is 0.877. The van der Waals surface area contributed by atoms with Crippen LogP contribution in [0.15, 0.2) is 12.4 Å². The zero-order valence-corrected chi connectivity index (χ0v) is 9.15. The lowest BCUT2D eigenvalue weighted by atomic mass is 10.2. The Labute approximate surface area is 87.4 Å². The maximum atomic E-state index is 10.2. The van der Waals surface area contributed by atoms with Gasteiger partial charge in [-0.15, -0.1) is 17.0 Å². The first-order chi connectivity index (χ1) is 5.70. The van der Waals surface area contributed by atoms with Gasteiger partial charge in [-0.25, -0.2) is 4.98 Å². The van der Waals surface area contributed by atoms with E-state index >= 15 is 0 Å². The van der Waals surface area contributed by atoms with Crippen molar-refractivity contribution in [1.82, 2.24) is 9.55 Å². The molecule has 0 spiro atoms. The summed E-state index contributed by atoms with van der Waals surface area (Å²) in [7, 11) is 1.91. The van der Waals surface area contributed by atoms with Crippen molar-refractivity contribution in [3.05, 3.63) is 18.2 Å². The molecule has 1 N–H and O–H groups in total. The van der Waals surface area contributed by atoms with Crippen LogP contribution in [0, 0.1) is 0 Å². The zero-order valence-electron chi connectivity index (χ0n) is 7.43. The summed E-state index contributed by atoms with van der Waals surface area (Å²) in [5.74, 6) is 0.195. The van der Waals surface area contributed by atoms with Gasteiger partial charge in [0.15, 0.2) is 0 Å². The summed E-state index contributed by atoms with van der Waals surface area (Å²) in [6.07, 6.45) is 5.18. The smallest absolute Gasteiger partial charge is 0.303 e. The van der Waals surface area contributed by atoms with Crippen LogP contribution in [0.5, 0.6) is 0 Å². The Bertz CT molecular complexity index is 273. The van der Waals surface area contributed by atoms with E-state index in [-0.39, 0.29) is 23.4 Å². The molecule has 1 aromatic heterocycles. The molecule has 0 aliphatic carbocycles. The fourth-order valence-corrected chi connectivity index (χ4v) is 1.04. The molecule has 0 atom stereocenters. The Balaban J connectivity index is 0.00000144. The van der Waals surface area contributed by atoms with Crippen molar-refractivity contribution in [3.63, 3.8) is 0 Å². The summed E-state index contributed by atoms with van der Waals surface area (Å²) < 4.78 is 1.90. The Morgan fingerprint density at radius 1 is 1.69 bits per heavy atom. The highest BCUT2D eigenvalue weighted by Gasteiger charge is 2.01. The molecule has 0 fully saturated rings. The van der Waals surface area contributed by atoms with Gasteiger partial charge < -0.3 is 9.67 Å². The highest BCUT2D eigenvalue weighted by Crippen LogP contribution is 2.01. The van der Waals surface area contributed by atoms with Crippen LogP contribution < -0.4 is 0 Å². The highest BCUT2D eigenvalue weighted by molar-refractivity contribution is 8.93. The standard InChI is InChI=1S/C8H12N2O2.BrH/c1-10-6-5-9-7(10)3-2-4-8(11)12;/h5-6H,2-4H2,1H3,(H,11,12);1H. The van der Waals surface area contributed by atoms with Crippen molar-refractivity contribution in [2.24, 2.45) is 7.05 Å². The molecule has 5 heteroatoms. The van der Waals surface area contributed by atoms with Crippen molar-refractivity contribution < 1.29 is 9.90 Å². The molecular formula is C8H13BrN2O2. The third-order valence-electron chi connectivity index (χ3n) is 1.71. The molecule has 1 heterocycles. The number of rotatable bonds is 4. The molecule has 0 saturated heterocycles. The monoisotopic (exact) mass is 248 g/mol. The number of imidazole rings is 1. The van der Waals surface area contributed by atoms with Crippen LogP contribution in [-0.4, -0.2) is 20.6 Å². The van der Waals surface area contributed by atoms with Crippen LogP contribution in [0.25, 0.3) is 0 Å². The number of aromatic nitrogens is 2. The number of carboxylic acid groups (broad SMARTS) is 1. The molecule has 1 rings (SSSR count). The van der Waals surface area contributed by atoms with E-state index in [1.165, 1.54) is 0 Å². The topological polar surface area (TPSA) is 55.1 Å². The summed E-state index contributed by atoms with van der Waals surface area (Å²) in [6, 6.07) is 0. The molecule has 1 aromatic rings. The molecule has 0 bridgehead atoms. The van der Waals surface area contributed by atoms with Crippen LogP contribution in [0.2, 0.25) is 0 Å². The van der Waals surface area contributed by atoms with Crippen LogP contribution in [-0.2, 0) is 18.3 Å². The summed E-state index contributed by atoms with van der Waals surface area (Å²) in [6.45, 7) is 0. The normalized spacial score (nSPS) is 9.31. The number of aliphatic carboxylic acids is 1. The highest BCUT2D eigenvalue weighted by atomic mass is 79.9. The molecule has 4 nitrogen and oxygen atoms in total. The van der Waals surface area contributed by atoms with Crippen LogP contribution in [0.1, 0.15) is 18.7 Å². The molecule has 0 saturated carbocycles. The number of hydrogen-bond acceptors (Lipinski definition) is 2. The zero-order chi connectivity index (χ0) is 8.97. The van der Waals surface area contributed by atoms with E-state index in [0.717, 1.165) is 12.2 Å². The van der Waals surface area contributed by atoms with Crippen molar-refractivity contribution in [2.45, 2.75) is 19.3 Å². The molecule has 74 valence electrons. The summed E-state index contributed by atoms with van der Waals surface area (Å²) in [4.78, 5) is 14.3. The van der Waals surface area contributed by atoms with Gasteiger partial charge >= 0.3 is 5.97 Å². The lowest BCUT2D eigenvalue weighted by molar-refractivity contribution is -0.137. The van der Waals surface area contributed by atoms with Crippen molar-refractivity contribution in [1.29, 1.82) is 0 Å². The van der Waals surface area contributed by atoms with Gasteiger partial charge in [-0.1, -0.05) is 0 Å². The van der Waals surface area contributed by atoms with Crippen LogP contribution in [0.3, 0.4) is 0 Å². The number of nitrogens with zero attached hydrogens (tertiary/aromatic N) is 2. The van der Waals surface area contributed by atoms with E-state index in [1.807, 2.05) is 17.8 Å². The summed E-state index contributed by atoms with van der Waals surface area (Å²) in [5.41, 5.74) is 0. The first-order valence-electron chi connectivity index (χ1n) is 3.88. The third kappa shape index (κ3) is 4.07. The van der Waals surface area contributed by atoms with E-state index in [0.29, 0.717) is 6.42 Å². The second-order valence-electron chi connectivity index (χ2n) is 2.70. The van der Waals surface area contributed by atoms with Crippen molar-refractivity contribution >= 4 is 23.0 Å². The molecule has 0 radical (unpaired) electrons. The largest absolute Gasteiger partial charge is 0.481 e. The van der Waals surface area contributed by atoms with E-state index < -0.39 is 5.97 Å². The van der Waals surface area contributed by atoms with E-state index in [2.05, 4.69) is 4.98 Å². The second kappa shape index (κ2) is 5.75. The Morgan fingerprint density at radius 3 is 2.85 bits per heavy atom. The number of carbonyl (C=O) groups is 1. The van der Waals surface area contributed by atoms with Crippen LogP contribution in [0.4, 0.5) is 0 Å². The first kappa shape index (κ1) is 12.2. The predicted molar refractivity (Wildman–Crippen MR) is 54.1 cm³/mol. The fourth-order valence-electron chi connectivity index (χ4n) is 1.04. The van der Waals surface area contributed by atoms with Crippen LogP contribution >= 0.6 is 17.0 Å². The number of hydrogen-bond donors (Lipinski definition) is 1. The van der Waals surface area contributed by atoms with Crippen molar-refractivity contribution in [2.75, 3.05) is 0 Å². The van der Waals surface area contributed by atoms with Gasteiger partial charge in [0, 0.05) is 32.3 Å². The second-order valence-corrected chi connectivity index (χ2v) is 2.70. The predicted octanol–water partition coefficient (Wildman–Crippen LogP) is 1.41. The van der Waals surface area contributed by atoms with E-state index in [4.69, 9.17) is 5.11 Å². The average molecular weight is 249 g/mol. The number of carboxylic acids is 1. The molecule has 0 aliphatic rings. The number of halogens is 1. The average Bonchev–Trinajstić information content (AvgIpc) is 2.36. The minimum Gasteiger partial charge on any atom is -0.481 e. The Kier molecular flexibility index (Phi) is 5.37. The van der Waals surface area contributed by atoms with Gasteiger partial charge in [-0.05, 0) is 6.42 Å². The molecule has 0 unspecified atom stereocenters. The Morgan fingerprint density at radius 2 is 2.38 bits per heavy atom. The molecule has 0 aliphatic heterocycles. The van der Waals surface area contributed by atoms with E-state index in [9.17, 15) is 4.79 Å². The third-order valence-corrected chi connectivity index (χ3v) is 1.71. The van der Waals surface area contributed by atoms with Gasteiger partial charge in [0.05, 0.1) is 0 Å². The van der Waals surface area contributed by atoms with Gasteiger partial charge in [0.25, 0.3) is 0 Å². The van der Waals surface area contributed by atoms with Gasteiger partial charge in [0.2, 0.25) is 0 Å². The summed E-state index contributed by atoms with van der Waals surface area (Å²) >= 11 is 0. The SMILES string of the molecule is Br.Cn1ccnc1CCCC(=O)O. The molecule has 0 amide bonds. The molecular weight excluding hydrogens is 236 g/mol. The maximum Gasteiger partial charge on any atom is 0.303 e. The lowest BCUT2D eigenvalue weighted by Gasteiger charge is -1.98. The summed E-state index contributed by atoms with van der Waals surface area (Å²) in [5, 5.41) is 8.38. The Hall–Kier alpha value is -0.840. The van der Waals surface area contributed by atoms with Gasteiger partial charge in [0.1, 0.15) is 5.82 Å². The minimum absolute atomic E-state index is 0.